The van der Waals surface area contributed by atoms with Crippen LogP contribution < -0.4 is 5.32 Å². The van der Waals surface area contributed by atoms with Crippen molar-refractivity contribution < 1.29 is 9.59 Å². The van der Waals surface area contributed by atoms with E-state index in [4.69, 9.17) is 0 Å². The Kier molecular flexibility index (Phi) is 8.35. The smallest absolute Gasteiger partial charge is 0.225 e. The number of nitrogens with one attached hydrogen (secondary N) is 1. The quantitative estimate of drug-likeness (QED) is 0.622. The Labute approximate surface area is 129 Å². The Morgan fingerprint density at radius 1 is 1.29 bits per heavy atom. The number of likely N-dealkylation sites (tertiary alicyclic amines) is 1. The van der Waals surface area contributed by atoms with Crippen LogP contribution in [0.4, 0.5) is 0 Å². The van der Waals surface area contributed by atoms with Crippen molar-refractivity contribution in [2.45, 2.75) is 45.4 Å². The van der Waals surface area contributed by atoms with Crippen LogP contribution in [0.1, 0.15) is 45.4 Å². The van der Waals surface area contributed by atoms with Crippen LogP contribution in [-0.2, 0) is 9.59 Å². The van der Waals surface area contributed by atoms with Gasteiger partial charge in [-0.15, -0.1) is 0 Å². The molecule has 5 nitrogen and oxygen atoms in total. The van der Waals surface area contributed by atoms with E-state index in [1.54, 1.807) is 0 Å². The van der Waals surface area contributed by atoms with E-state index in [1.165, 1.54) is 12.8 Å². The fraction of sp³-hybridized carbons (Fsp3) is 0.875. The van der Waals surface area contributed by atoms with E-state index in [0.29, 0.717) is 13.0 Å². The molecule has 2 amide bonds. The maximum absolute atomic E-state index is 12.1. The van der Waals surface area contributed by atoms with Gasteiger partial charge in [-0.1, -0.05) is 26.2 Å². The van der Waals surface area contributed by atoms with Gasteiger partial charge in [0.05, 0.1) is 5.92 Å². The lowest BCUT2D eigenvalue weighted by atomic mass is 10.1. The third-order valence-electron chi connectivity index (χ3n) is 3.95. The highest BCUT2D eigenvalue weighted by atomic mass is 16.2. The Morgan fingerprint density at radius 3 is 2.71 bits per heavy atom. The minimum absolute atomic E-state index is 0.0509. The van der Waals surface area contributed by atoms with Crippen molar-refractivity contribution in [3.8, 4) is 0 Å². The minimum Gasteiger partial charge on any atom is -0.356 e. The van der Waals surface area contributed by atoms with Crippen LogP contribution in [-0.4, -0.2) is 61.9 Å². The second kappa shape index (κ2) is 9.77. The molecular weight excluding hydrogens is 266 g/mol. The van der Waals surface area contributed by atoms with E-state index in [1.807, 2.05) is 19.0 Å². The van der Waals surface area contributed by atoms with Crippen LogP contribution in [0.15, 0.2) is 0 Å². The zero-order valence-electron chi connectivity index (χ0n) is 13.9. The van der Waals surface area contributed by atoms with Crippen molar-refractivity contribution in [3.05, 3.63) is 0 Å². The molecule has 0 radical (unpaired) electrons. The lowest BCUT2D eigenvalue weighted by molar-refractivity contribution is -0.129. The summed E-state index contributed by atoms with van der Waals surface area (Å²) in [6.07, 6.45) is 5.96. The van der Waals surface area contributed by atoms with Crippen molar-refractivity contribution in [2.75, 3.05) is 40.3 Å². The average Bonchev–Trinajstić information content (AvgIpc) is 2.79. The molecule has 0 aromatic heterocycles. The molecule has 0 bridgehead atoms. The van der Waals surface area contributed by atoms with Crippen LogP contribution in [0.5, 0.6) is 0 Å². The molecule has 0 aromatic carbocycles. The van der Waals surface area contributed by atoms with Gasteiger partial charge in [-0.25, -0.2) is 0 Å². The molecule has 1 aliphatic rings. The Bertz CT molecular complexity index is 331. The van der Waals surface area contributed by atoms with Crippen LogP contribution in [0.25, 0.3) is 0 Å². The minimum atomic E-state index is -0.150. The molecule has 1 atom stereocenters. The van der Waals surface area contributed by atoms with Gasteiger partial charge in [0.1, 0.15) is 0 Å². The number of amides is 2. The molecule has 122 valence electrons. The van der Waals surface area contributed by atoms with E-state index in [2.05, 4.69) is 17.1 Å². The molecule has 0 saturated carbocycles. The lowest BCUT2D eigenvalue weighted by Crippen LogP contribution is -2.34. The largest absolute Gasteiger partial charge is 0.356 e. The van der Waals surface area contributed by atoms with Gasteiger partial charge in [0.2, 0.25) is 11.8 Å². The number of carbonyl (C=O) groups is 2. The van der Waals surface area contributed by atoms with Crippen molar-refractivity contribution >= 4 is 11.8 Å². The van der Waals surface area contributed by atoms with Crippen molar-refractivity contribution in [3.63, 3.8) is 0 Å². The van der Waals surface area contributed by atoms with Gasteiger partial charge >= 0.3 is 0 Å². The third kappa shape index (κ3) is 6.93. The lowest BCUT2D eigenvalue weighted by Gasteiger charge is -2.18. The molecule has 21 heavy (non-hydrogen) atoms. The normalized spacial score (nSPS) is 18.6. The predicted octanol–water partition coefficient (Wildman–Crippen LogP) is 1.48. The number of hydrogen-bond donors (Lipinski definition) is 1. The SMILES string of the molecule is CCCCCCNC(=O)C1CC(=O)N(CCCN(C)C)C1. The van der Waals surface area contributed by atoms with Gasteiger partial charge < -0.3 is 15.1 Å². The molecule has 0 aliphatic carbocycles. The average molecular weight is 297 g/mol. The molecule has 1 fully saturated rings. The Hall–Kier alpha value is -1.10. The predicted molar refractivity (Wildman–Crippen MR) is 85.0 cm³/mol. The molecule has 0 aromatic rings. The number of hydrogen-bond acceptors (Lipinski definition) is 3. The van der Waals surface area contributed by atoms with E-state index in [-0.39, 0.29) is 17.7 Å². The zero-order chi connectivity index (χ0) is 15.7. The van der Waals surface area contributed by atoms with Crippen LogP contribution in [0, 0.1) is 5.92 Å². The van der Waals surface area contributed by atoms with Crippen molar-refractivity contribution in [2.24, 2.45) is 5.92 Å². The molecule has 5 heteroatoms. The van der Waals surface area contributed by atoms with Crippen LogP contribution >= 0.6 is 0 Å². The first-order valence-electron chi connectivity index (χ1n) is 8.24. The summed E-state index contributed by atoms with van der Waals surface area (Å²) in [7, 11) is 4.06. The summed E-state index contributed by atoms with van der Waals surface area (Å²) in [4.78, 5) is 27.9. The van der Waals surface area contributed by atoms with Crippen molar-refractivity contribution in [1.82, 2.24) is 15.1 Å². The van der Waals surface area contributed by atoms with Crippen molar-refractivity contribution in [1.29, 1.82) is 0 Å². The third-order valence-corrected chi connectivity index (χ3v) is 3.95. The summed E-state index contributed by atoms with van der Waals surface area (Å²) >= 11 is 0. The highest BCUT2D eigenvalue weighted by Crippen LogP contribution is 2.18. The standard InChI is InChI=1S/C16H31N3O2/c1-4-5-6-7-9-17-16(21)14-12-15(20)19(13-14)11-8-10-18(2)3/h14H,4-13H2,1-3H3,(H,17,21). The first-order valence-corrected chi connectivity index (χ1v) is 8.24. The second-order valence-corrected chi connectivity index (χ2v) is 6.25. The molecule has 1 heterocycles. The van der Waals surface area contributed by atoms with E-state index in [9.17, 15) is 9.59 Å². The molecule has 1 N–H and O–H groups in total. The van der Waals surface area contributed by atoms with Gasteiger partial charge in [-0.05, 0) is 33.5 Å². The zero-order valence-corrected chi connectivity index (χ0v) is 13.9. The summed E-state index contributed by atoms with van der Waals surface area (Å²) in [5, 5.41) is 2.97. The van der Waals surface area contributed by atoms with Gasteiger partial charge in [0.25, 0.3) is 0 Å². The second-order valence-electron chi connectivity index (χ2n) is 6.25. The molecule has 1 rings (SSSR count). The summed E-state index contributed by atoms with van der Waals surface area (Å²) in [6, 6.07) is 0. The molecule has 0 spiro atoms. The highest BCUT2D eigenvalue weighted by Gasteiger charge is 2.33. The van der Waals surface area contributed by atoms with Gasteiger partial charge in [0, 0.05) is 26.1 Å². The fourth-order valence-electron chi connectivity index (χ4n) is 2.65. The molecule has 1 saturated heterocycles. The van der Waals surface area contributed by atoms with Crippen LogP contribution in [0.3, 0.4) is 0 Å². The maximum Gasteiger partial charge on any atom is 0.225 e. The Morgan fingerprint density at radius 2 is 2.05 bits per heavy atom. The topological polar surface area (TPSA) is 52.7 Å². The molecule has 1 unspecified atom stereocenters. The monoisotopic (exact) mass is 297 g/mol. The first-order chi connectivity index (χ1) is 10.0. The van der Waals surface area contributed by atoms with E-state index >= 15 is 0 Å². The van der Waals surface area contributed by atoms with E-state index < -0.39 is 0 Å². The molecule has 1 aliphatic heterocycles. The van der Waals surface area contributed by atoms with E-state index in [0.717, 1.165) is 38.9 Å². The van der Waals surface area contributed by atoms with Crippen LogP contribution in [0.2, 0.25) is 0 Å². The summed E-state index contributed by atoms with van der Waals surface area (Å²) in [5.74, 6) is 0.0258. The van der Waals surface area contributed by atoms with Gasteiger partial charge in [-0.3, -0.25) is 9.59 Å². The maximum atomic E-state index is 12.1. The summed E-state index contributed by atoms with van der Waals surface area (Å²) < 4.78 is 0. The van der Waals surface area contributed by atoms with Gasteiger partial charge in [-0.2, -0.15) is 0 Å². The fourth-order valence-corrected chi connectivity index (χ4v) is 2.65. The summed E-state index contributed by atoms with van der Waals surface area (Å²) in [6.45, 7) is 5.24. The number of carbonyl (C=O) groups excluding carboxylic acids is 2. The Balaban J connectivity index is 2.21. The number of nitrogens with zero attached hydrogens (tertiary/aromatic N) is 2. The number of rotatable bonds is 10. The van der Waals surface area contributed by atoms with Gasteiger partial charge in [0.15, 0.2) is 0 Å². The number of unbranched alkanes of at least 4 members (excludes halogenated alkanes) is 3. The first kappa shape index (κ1) is 18.0. The molecular formula is C16H31N3O2. The summed E-state index contributed by atoms with van der Waals surface area (Å²) in [5.41, 5.74) is 0. The highest BCUT2D eigenvalue weighted by molar-refractivity contribution is 5.89.